The lowest BCUT2D eigenvalue weighted by Crippen LogP contribution is -2.26. The summed E-state index contributed by atoms with van der Waals surface area (Å²) in [5, 5.41) is 14.3. The van der Waals surface area contributed by atoms with Gasteiger partial charge in [0, 0.05) is 11.1 Å². The fourth-order valence-corrected chi connectivity index (χ4v) is 9.06. The molecule has 8 aromatic carbocycles. The van der Waals surface area contributed by atoms with Gasteiger partial charge in [0.25, 0.3) is 0 Å². The highest BCUT2D eigenvalue weighted by Crippen LogP contribution is 2.65. The van der Waals surface area contributed by atoms with Crippen LogP contribution >= 0.6 is 0 Å². The van der Waals surface area contributed by atoms with Crippen molar-refractivity contribution in [3.63, 3.8) is 0 Å². The molecule has 0 amide bonds. The van der Waals surface area contributed by atoms with E-state index in [4.69, 9.17) is 0 Å². The summed E-state index contributed by atoms with van der Waals surface area (Å²) >= 11 is 0. The molecule has 0 atom stereocenters. The minimum absolute atomic E-state index is 0.434. The zero-order valence-corrected chi connectivity index (χ0v) is 27.7. The predicted molar refractivity (Wildman–Crippen MR) is 210 cm³/mol. The molecule has 51 heavy (non-hydrogen) atoms. The van der Waals surface area contributed by atoms with E-state index in [0.717, 1.165) is 22.5 Å². The molecule has 0 fully saturated rings. The molecule has 2 aliphatic rings. The highest BCUT2D eigenvalue weighted by atomic mass is 15.1. The zero-order valence-electron chi connectivity index (χ0n) is 27.7. The van der Waals surface area contributed by atoms with Gasteiger partial charge in [0.1, 0.15) is 0 Å². The van der Waals surface area contributed by atoms with Crippen LogP contribution in [0.1, 0.15) is 22.3 Å². The first-order chi connectivity index (χ1) is 25.3. The molecular weight excluding hydrogens is 617 g/mol. The van der Waals surface area contributed by atoms with Gasteiger partial charge in [0.05, 0.1) is 16.8 Å². The van der Waals surface area contributed by atoms with Crippen LogP contribution in [0.4, 0.5) is 0 Å². The van der Waals surface area contributed by atoms with Crippen molar-refractivity contribution < 1.29 is 0 Å². The van der Waals surface area contributed by atoms with Crippen LogP contribution in [0.5, 0.6) is 0 Å². The molecule has 2 aliphatic carbocycles. The molecule has 0 aliphatic heterocycles. The number of benzene rings is 8. The van der Waals surface area contributed by atoms with Crippen LogP contribution in [0.2, 0.25) is 0 Å². The van der Waals surface area contributed by atoms with E-state index in [2.05, 4.69) is 174 Å². The SMILES string of the molecule is c1ccc(-c2ccc(-c3ccc(-c4cc5c(c6ccccc46)-c4c(ccc6ccccc46)C54c5ccccc5-c5ccccc54)cc3)nn2)cc1. The van der Waals surface area contributed by atoms with E-state index in [-0.39, 0.29) is 0 Å². The molecule has 0 unspecified atom stereocenters. The average Bonchev–Trinajstić information content (AvgIpc) is 3.69. The van der Waals surface area contributed by atoms with E-state index in [1.54, 1.807) is 0 Å². The summed E-state index contributed by atoms with van der Waals surface area (Å²) in [4.78, 5) is 0. The molecule has 0 radical (unpaired) electrons. The minimum Gasteiger partial charge on any atom is -0.150 e. The first-order valence-electron chi connectivity index (χ1n) is 17.6. The Hall–Kier alpha value is -6.64. The Labute approximate surface area is 296 Å². The van der Waals surface area contributed by atoms with Crippen molar-refractivity contribution in [1.82, 2.24) is 10.2 Å². The topological polar surface area (TPSA) is 25.8 Å². The summed E-state index contributed by atoms with van der Waals surface area (Å²) in [7, 11) is 0. The van der Waals surface area contributed by atoms with E-state index in [9.17, 15) is 0 Å². The third-order valence-electron chi connectivity index (χ3n) is 11.2. The maximum Gasteiger partial charge on any atom is 0.0930 e. The third kappa shape index (κ3) is 3.87. The lowest BCUT2D eigenvalue weighted by Gasteiger charge is -2.31. The molecule has 1 aromatic heterocycles. The molecule has 0 saturated heterocycles. The minimum atomic E-state index is -0.434. The van der Waals surface area contributed by atoms with Crippen LogP contribution in [0.25, 0.3) is 77.4 Å². The Morgan fingerprint density at radius 1 is 0.314 bits per heavy atom. The number of fused-ring (bicyclic) bond motifs is 14. The first-order valence-corrected chi connectivity index (χ1v) is 17.6. The molecule has 1 spiro atoms. The molecule has 0 N–H and O–H groups in total. The second kappa shape index (κ2) is 10.7. The molecule has 9 aromatic rings. The Morgan fingerprint density at radius 2 is 0.843 bits per heavy atom. The summed E-state index contributed by atoms with van der Waals surface area (Å²) in [6.07, 6.45) is 0. The smallest absolute Gasteiger partial charge is 0.0930 e. The second-order valence-electron chi connectivity index (χ2n) is 13.7. The Balaban J connectivity index is 1.16. The van der Waals surface area contributed by atoms with E-state index >= 15 is 0 Å². The third-order valence-corrected chi connectivity index (χ3v) is 11.2. The van der Waals surface area contributed by atoms with Gasteiger partial charge in [-0.3, -0.25) is 0 Å². The molecule has 11 rings (SSSR count). The molecule has 236 valence electrons. The van der Waals surface area contributed by atoms with Crippen LogP contribution in [-0.4, -0.2) is 10.2 Å². The van der Waals surface area contributed by atoms with Gasteiger partial charge in [-0.15, -0.1) is 10.2 Å². The normalized spacial score (nSPS) is 13.3. The van der Waals surface area contributed by atoms with Gasteiger partial charge >= 0.3 is 0 Å². The molecule has 2 nitrogen and oxygen atoms in total. The molecular formula is C49H30N2. The quantitative estimate of drug-likeness (QED) is 0.191. The van der Waals surface area contributed by atoms with Crippen LogP contribution in [0.3, 0.4) is 0 Å². The van der Waals surface area contributed by atoms with E-state index < -0.39 is 5.41 Å². The predicted octanol–water partition coefficient (Wildman–Crippen LogP) is 12.1. The van der Waals surface area contributed by atoms with Crippen molar-refractivity contribution in [2.24, 2.45) is 0 Å². The standard InChI is InChI=1S/C49H30N2/c1-2-13-33(14-3-1)45-28-29-46(51-50-45)34-24-22-32(23-25-34)40-30-44-48(39-19-7-6-16-36(39)40)47-35-15-5-4-12-31(35)26-27-43(47)49(44)41-20-10-8-17-37(41)38-18-9-11-21-42(38)49/h1-30H. The molecule has 0 saturated carbocycles. The highest BCUT2D eigenvalue weighted by Gasteiger charge is 2.52. The van der Waals surface area contributed by atoms with Crippen molar-refractivity contribution in [1.29, 1.82) is 0 Å². The van der Waals surface area contributed by atoms with Gasteiger partial charge in [-0.05, 0) is 95.4 Å². The van der Waals surface area contributed by atoms with Crippen LogP contribution in [0, 0.1) is 0 Å². The van der Waals surface area contributed by atoms with Gasteiger partial charge in [-0.1, -0.05) is 164 Å². The molecule has 2 heteroatoms. The van der Waals surface area contributed by atoms with Crippen LogP contribution in [-0.2, 0) is 5.41 Å². The Kier molecular flexibility index (Phi) is 5.91. The molecule has 0 bridgehead atoms. The van der Waals surface area contributed by atoms with E-state index in [0.29, 0.717) is 0 Å². The highest BCUT2D eigenvalue weighted by molar-refractivity contribution is 6.16. The molecule has 1 heterocycles. The fraction of sp³-hybridized carbons (Fsp3) is 0.0204. The van der Waals surface area contributed by atoms with Gasteiger partial charge in [0.2, 0.25) is 0 Å². The van der Waals surface area contributed by atoms with Crippen LogP contribution < -0.4 is 0 Å². The number of hydrogen-bond acceptors (Lipinski definition) is 2. The fourth-order valence-electron chi connectivity index (χ4n) is 9.06. The number of rotatable bonds is 3. The van der Waals surface area contributed by atoms with Gasteiger partial charge in [-0.25, -0.2) is 0 Å². The largest absolute Gasteiger partial charge is 0.150 e. The summed E-state index contributed by atoms with van der Waals surface area (Å²) in [6.45, 7) is 0. The summed E-state index contributed by atoms with van der Waals surface area (Å²) in [5.41, 5.74) is 16.6. The Bertz CT molecular complexity index is 2790. The van der Waals surface area contributed by atoms with Crippen molar-refractivity contribution in [2.45, 2.75) is 5.41 Å². The van der Waals surface area contributed by atoms with Crippen molar-refractivity contribution in [3.8, 4) is 55.9 Å². The first kappa shape index (κ1) is 28.2. The van der Waals surface area contributed by atoms with Crippen molar-refractivity contribution in [2.75, 3.05) is 0 Å². The summed E-state index contributed by atoms with van der Waals surface area (Å²) < 4.78 is 0. The lowest BCUT2D eigenvalue weighted by atomic mass is 9.70. The zero-order chi connectivity index (χ0) is 33.5. The van der Waals surface area contributed by atoms with Gasteiger partial charge in [-0.2, -0.15) is 0 Å². The lowest BCUT2D eigenvalue weighted by molar-refractivity contribution is 0.795. The average molecular weight is 647 g/mol. The Morgan fingerprint density at radius 3 is 1.53 bits per heavy atom. The van der Waals surface area contributed by atoms with Crippen molar-refractivity contribution >= 4 is 21.5 Å². The summed E-state index contributed by atoms with van der Waals surface area (Å²) in [5.74, 6) is 0. The maximum absolute atomic E-state index is 4.61. The summed E-state index contributed by atoms with van der Waals surface area (Å²) in [6, 6.07) is 66.4. The van der Waals surface area contributed by atoms with Gasteiger partial charge < -0.3 is 0 Å². The number of aromatic nitrogens is 2. The maximum atomic E-state index is 4.61. The second-order valence-corrected chi connectivity index (χ2v) is 13.7. The van der Waals surface area contributed by atoms with E-state index in [1.165, 1.54) is 77.2 Å². The number of nitrogens with zero attached hydrogens (tertiary/aromatic N) is 2. The van der Waals surface area contributed by atoms with E-state index in [1.807, 2.05) is 18.2 Å². The van der Waals surface area contributed by atoms with Gasteiger partial charge in [0.15, 0.2) is 0 Å². The number of hydrogen-bond donors (Lipinski definition) is 0. The monoisotopic (exact) mass is 646 g/mol. The van der Waals surface area contributed by atoms with Crippen molar-refractivity contribution in [3.05, 3.63) is 204 Å². The van der Waals surface area contributed by atoms with Crippen LogP contribution in [0.15, 0.2) is 182 Å².